The number of ketones is 1. The van der Waals surface area contributed by atoms with E-state index in [-0.39, 0.29) is 5.78 Å². The highest BCUT2D eigenvalue weighted by molar-refractivity contribution is 6.31. The van der Waals surface area contributed by atoms with E-state index in [4.69, 9.17) is 16.0 Å². The van der Waals surface area contributed by atoms with E-state index in [1.54, 1.807) is 18.2 Å². The molecule has 1 aromatic carbocycles. The molecule has 0 radical (unpaired) electrons. The lowest BCUT2D eigenvalue weighted by atomic mass is 9.93. The van der Waals surface area contributed by atoms with Gasteiger partial charge in [0.25, 0.3) is 0 Å². The van der Waals surface area contributed by atoms with Gasteiger partial charge >= 0.3 is 0 Å². The highest BCUT2D eigenvalue weighted by atomic mass is 35.5. The van der Waals surface area contributed by atoms with Crippen LogP contribution in [0.3, 0.4) is 0 Å². The first-order valence-corrected chi connectivity index (χ1v) is 7.03. The fourth-order valence-corrected chi connectivity index (χ4v) is 2.79. The molecular formula is C15H16ClNO2. The van der Waals surface area contributed by atoms with E-state index in [0.29, 0.717) is 23.1 Å². The fourth-order valence-electron chi connectivity index (χ4n) is 2.61. The van der Waals surface area contributed by atoms with Crippen LogP contribution in [0.1, 0.15) is 29.8 Å². The summed E-state index contributed by atoms with van der Waals surface area (Å²) in [5.74, 6) is 0.960. The number of furan rings is 1. The average molecular weight is 278 g/mol. The maximum Gasteiger partial charge on any atom is 0.198 e. The van der Waals surface area contributed by atoms with Gasteiger partial charge in [-0.1, -0.05) is 11.6 Å². The summed E-state index contributed by atoms with van der Waals surface area (Å²) in [4.78, 5) is 12.2. The van der Waals surface area contributed by atoms with Crippen molar-refractivity contribution in [1.29, 1.82) is 0 Å². The monoisotopic (exact) mass is 277 g/mol. The van der Waals surface area contributed by atoms with Crippen LogP contribution in [0.4, 0.5) is 0 Å². The molecule has 0 bridgehead atoms. The number of rotatable bonds is 3. The number of nitrogens with one attached hydrogen (secondary N) is 1. The van der Waals surface area contributed by atoms with Crippen LogP contribution in [-0.4, -0.2) is 18.9 Å². The maximum absolute atomic E-state index is 12.2. The summed E-state index contributed by atoms with van der Waals surface area (Å²) >= 11 is 5.93. The van der Waals surface area contributed by atoms with Gasteiger partial charge in [-0.2, -0.15) is 0 Å². The van der Waals surface area contributed by atoms with Crippen molar-refractivity contribution < 1.29 is 9.21 Å². The van der Waals surface area contributed by atoms with E-state index in [1.807, 2.05) is 6.07 Å². The largest absolute Gasteiger partial charge is 0.453 e. The lowest BCUT2D eigenvalue weighted by Gasteiger charge is -2.21. The maximum atomic E-state index is 12.2. The molecule has 3 nitrogen and oxygen atoms in total. The summed E-state index contributed by atoms with van der Waals surface area (Å²) < 4.78 is 5.60. The zero-order chi connectivity index (χ0) is 13.2. The van der Waals surface area contributed by atoms with Crippen molar-refractivity contribution in [3.63, 3.8) is 0 Å². The molecule has 1 aromatic heterocycles. The number of fused-ring (bicyclic) bond motifs is 1. The third-order valence-corrected chi connectivity index (χ3v) is 3.86. The van der Waals surface area contributed by atoms with E-state index in [1.165, 1.54) is 0 Å². The standard InChI is InChI=1S/C15H16ClNO2/c16-12-3-4-14-11(7-12)8-15(19-14)13(18)6-10-2-1-5-17-9-10/h3-4,7-8,10,17H,1-2,5-6,9H2. The van der Waals surface area contributed by atoms with E-state index < -0.39 is 0 Å². The van der Waals surface area contributed by atoms with Crippen LogP contribution in [0.25, 0.3) is 11.0 Å². The van der Waals surface area contributed by atoms with Crippen LogP contribution in [-0.2, 0) is 0 Å². The first-order valence-electron chi connectivity index (χ1n) is 6.65. The quantitative estimate of drug-likeness (QED) is 0.871. The Hall–Kier alpha value is -1.32. The molecule has 3 rings (SSSR count). The highest BCUT2D eigenvalue weighted by Gasteiger charge is 2.20. The number of hydrogen-bond acceptors (Lipinski definition) is 3. The second kappa shape index (κ2) is 5.35. The molecule has 1 N–H and O–H groups in total. The molecule has 0 amide bonds. The normalized spacial score (nSPS) is 19.7. The van der Waals surface area contributed by atoms with Gasteiger partial charge < -0.3 is 9.73 Å². The first-order chi connectivity index (χ1) is 9.22. The zero-order valence-corrected chi connectivity index (χ0v) is 11.4. The third-order valence-electron chi connectivity index (χ3n) is 3.63. The average Bonchev–Trinajstić information content (AvgIpc) is 2.83. The Morgan fingerprint density at radius 3 is 3.11 bits per heavy atom. The molecule has 2 heterocycles. The van der Waals surface area contributed by atoms with E-state index in [2.05, 4.69) is 5.32 Å². The Labute approximate surface area is 116 Å². The molecular weight excluding hydrogens is 262 g/mol. The SMILES string of the molecule is O=C(CC1CCCNC1)c1cc2cc(Cl)ccc2o1. The van der Waals surface area contributed by atoms with Crippen LogP contribution < -0.4 is 5.32 Å². The minimum Gasteiger partial charge on any atom is -0.453 e. The van der Waals surface area contributed by atoms with Crippen molar-refractivity contribution in [2.45, 2.75) is 19.3 Å². The summed E-state index contributed by atoms with van der Waals surface area (Å²) in [5.41, 5.74) is 0.717. The molecule has 4 heteroatoms. The van der Waals surface area contributed by atoms with Crippen molar-refractivity contribution in [2.75, 3.05) is 13.1 Å². The van der Waals surface area contributed by atoms with Gasteiger partial charge in [0.1, 0.15) is 5.58 Å². The van der Waals surface area contributed by atoms with Crippen molar-refractivity contribution in [3.05, 3.63) is 35.0 Å². The number of halogens is 1. The summed E-state index contributed by atoms with van der Waals surface area (Å²) in [5, 5.41) is 4.87. The molecule has 0 saturated carbocycles. The molecule has 0 aliphatic carbocycles. The minimum absolute atomic E-state index is 0.0843. The lowest BCUT2D eigenvalue weighted by molar-refractivity contribution is 0.0928. The van der Waals surface area contributed by atoms with Crippen LogP contribution in [0.15, 0.2) is 28.7 Å². The summed E-state index contributed by atoms with van der Waals surface area (Å²) in [6, 6.07) is 7.18. The van der Waals surface area contributed by atoms with Gasteiger partial charge in [-0.3, -0.25) is 4.79 Å². The van der Waals surface area contributed by atoms with Gasteiger partial charge in [-0.25, -0.2) is 0 Å². The van der Waals surface area contributed by atoms with Gasteiger partial charge in [0.05, 0.1) is 0 Å². The van der Waals surface area contributed by atoms with Crippen LogP contribution in [0, 0.1) is 5.92 Å². The number of carbonyl (C=O) groups is 1. The fraction of sp³-hybridized carbons (Fsp3) is 0.400. The molecule has 100 valence electrons. The van der Waals surface area contributed by atoms with Gasteiger partial charge in [0, 0.05) is 16.8 Å². The molecule has 19 heavy (non-hydrogen) atoms. The molecule has 0 spiro atoms. The molecule has 1 aliphatic rings. The first kappa shape index (κ1) is 12.7. The van der Waals surface area contributed by atoms with E-state index in [9.17, 15) is 4.79 Å². The van der Waals surface area contributed by atoms with E-state index in [0.717, 1.165) is 36.9 Å². The smallest absolute Gasteiger partial charge is 0.198 e. The second-order valence-electron chi connectivity index (χ2n) is 5.13. The zero-order valence-electron chi connectivity index (χ0n) is 10.6. The highest BCUT2D eigenvalue weighted by Crippen LogP contribution is 2.25. The number of Topliss-reactive ketones (excluding diaryl/α,β-unsaturated/α-hetero) is 1. The van der Waals surface area contributed by atoms with E-state index >= 15 is 0 Å². The Morgan fingerprint density at radius 1 is 1.42 bits per heavy atom. The summed E-state index contributed by atoms with van der Waals surface area (Å²) in [6.45, 7) is 1.99. The molecule has 1 fully saturated rings. The number of hydrogen-bond donors (Lipinski definition) is 1. The van der Waals surface area contributed by atoms with Crippen molar-refractivity contribution >= 4 is 28.4 Å². The van der Waals surface area contributed by atoms with Crippen LogP contribution in [0.2, 0.25) is 5.02 Å². The van der Waals surface area contributed by atoms with Gasteiger partial charge in [-0.15, -0.1) is 0 Å². The van der Waals surface area contributed by atoms with Crippen LogP contribution >= 0.6 is 11.6 Å². The molecule has 1 aliphatic heterocycles. The number of carbonyl (C=O) groups excluding carboxylic acids is 1. The molecule has 2 aromatic rings. The molecule has 1 unspecified atom stereocenters. The van der Waals surface area contributed by atoms with Gasteiger partial charge in [-0.05, 0) is 56.1 Å². The van der Waals surface area contributed by atoms with Gasteiger partial charge in [0.2, 0.25) is 0 Å². The second-order valence-corrected chi connectivity index (χ2v) is 5.57. The number of piperidine rings is 1. The summed E-state index contributed by atoms with van der Waals surface area (Å²) in [6.07, 6.45) is 2.82. The van der Waals surface area contributed by atoms with Crippen molar-refractivity contribution in [2.24, 2.45) is 5.92 Å². The molecule has 1 atom stereocenters. The Kier molecular flexibility index (Phi) is 3.58. The predicted molar refractivity (Wildman–Crippen MR) is 75.8 cm³/mol. The van der Waals surface area contributed by atoms with Crippen molar-refractivity contribution in [1.82, 2.24) is 5.32 Å². The minimum atomic E-state index is 0.0843. The Morgan fingerprint density at radius 2 is 2.32 bits per heavy atom. The topological polar surface area (TPSA) is 42.2 Å². The Bertz CT molecular complexity index is 599. The Balaban J connectivity index is 1.77. The van der Waals surface area contributed by atoms with Gasteiger partial charge in [0.15, 0.2) is 11.5 Å². The van der Waals surface area contributed by atoms with Crippen molar-refractivity contribution in [3.8, 4) is 0 Å². The van der Waals surface area contributed by atoms with Crippen LogP contribution in [0.5, 0.6) is 0 Å². The molecule has 1 saturated heterocycles. The third kappa shape index (κ3) is 2.82. The lowest BCUT2D eigenvalue weighted by Crippen LogP contribution is -2.31. The summed E-state index contributed by atoms with van der Waals surface area (Å²) in [7, 11) is 0. The number of benzene rings is 1. The predicted octanol–water partition coefficient (Wildman–Crippen LogP) is 3.66.